The number of amides is 1. The summed E-state index contributed by atoms with van der Waals surface area (Å²) in [7, 11) is 0. The Hall–Kier alpha value is -1.85. The molecule has 6 heteroatoms. The van der Waals surface area contributed by atoms with Crippen molar-refractivity contribution in [1.29, 1.82) is 0 Å². The van der Waals surface area contributed by atoms with Crippen molar-refractivity contribution in [2.24, 2.45) is 5.41 Å². The lowest BCUT2D eigenvalue weighted by molar-refractivity contribution is -0.117. The minimum Gasteiger partial charge on any atom is -0.487 e. The molecule has 1 aromatic rings. The second-order valence-electron chi connectivity index (χ2n) is 7.56. The first-order valence-corrected chi connectivity index (χ1v) is 7.75. The topological polar surface area (TPSA) is 38.8 Å². The highest BCUT2D eigenvalue weighted by Crippen LogP contribution is 2.50. The molecule has 1 spiro atoms. The van der Waals surface area contributed by atoms with Crippen LogP contribution in [0.2, 0.25) is 0 Å². The smallest absolute Gasteiger partial charge is 0.410 e. The molecule has 1 saturated heterocycles. The summed E-state index contributed by atoms with van der Waals surface area (Å²) >= 11 is 0. The van der Waals surface area contributed by atoms with Gasteiger partial charge in [-0.15, -0.1) is 0 Å². The van der Waals surface area contributed by atoms with E-state index in [4.69, 9.17) is 9.47 Å². The maximum Gasteiger partial charge on any atom is 0.410 e. The Morgan fingerprint density at radius 3 is 2.48 bits per heavy atom. The van der Waals surface area contributed by atoms with Crippen LogP contribution in [0, 0.1) is 17.0 Å². The summed E-state index contributed by atoms with van der Waals surface area (Å²) in [6, 6.07) is 3.31. The molecule has 0 unspecified atom stereocenters. The van der Waals surface area contributed by atoms with Crippen LogP contribution in [0.5, 0.6) is 5.75 Å². The zero-order valence-corrected chi connectivity index (χ0v) is 13.6. The molecule has 0 radical (unpaired) electrons. The molecule has 4 nitrogen and oxygen atoms in total. The quantitative estimate of drug-likeness (QED) is 0.831. The number of benzene rings is 1. The highest BCUT2D eigenvalue weighted by Gasteiger charge is 2.55. The van der Waals surface area contributed by atoms with E-state index < -0.39 is 17.2 Å². The van der Waals surface area contributed by atoms with Gasteiger partial charge in [0.1, 0.15) is 17.5 Å². The van der Waals surface area contributed by atoms with Gasteiger partial charge >= 0.3 is 6.09 Å². The molecule has 0 N–H and O–H groups in total. The van der Waals surface area contributed by atoms with Gasteiger partial charge in [-0.3, -0.25) is 0 Å². The zero-order valence-electron chi connectivity index (χ0n) is 13.6. The molecular weight excluding hydrogens is 304 g/mol. The fourth-order valence-corrected chi connectivity index (χ4v) is 3.22. The number of halogens is 2. The Morgan fingerprint density at radius 1 is 1.26 bits per heavy atom. The van der Waals surface area contributed by atoms with Gasteiger partial charge < -0.3 is 14.4 Å². The van der Waals surface area contributed by atoms with Crippen molar-refractivity contribution in [3.63, 3.8) is 0 Å². The molecule has 1 aliphatic heterocycles. The Bertz CT molecular complexity index is 613. The number of hydrogen-bond donors (Lipinski definition) is 0. The Labute approximate surface area is 134 Å². The van der Waals surface area contributed by atoms with Crippen LogP contribution < -0.4 is 4.74 Å². The van der Waals surface area contributed by atoms with E-state index in [-0.39, 0.29) is 23.4 Å². The molecule has 1 heterocycles. The number of hydrogen-bond acceptors (Lipinski definition) is 3. The van der Waals surface area contributed by atoms with Gasteiger partial charge in [-0.1, -0.05) is 0 Å². The molecule has 1 aliphatic carbocycles. The van der Waals surface area contributed by atoms with Crippen molar-refractivity contribution in [3.05, 3.63) is 29.8 Å². The molecular formula is C17H21F2NO3. The number of carbonyl (C=O) groups is 1. The average molecular weight is 325 g/mol. The molecule has 126 valence electrons. The van der Waals surface area contributed by atoms with Crippen LogP contribution in [0.4, 0.5) is 13.6 Å². The van der Waals surface area contributed by atoms with Crippen LogP contribution in [0.1, 0.15) is 33.6 Å². The Balaban J connectivity index is 1.46. The number of nitrogens with zero attached hydrogens (tertiary/aromatic N) is 1. The van der Waals surface area contributed by atoms with E-state index in [1.807, 2.05) is 20.8 Å². The molecule has 2 fully saturated rings. The Kier molecular flexibility index (Phi) is 3.73. The van der Waals surface area contributed by atoms with E-state index in [9.17, 15) is 13.6 Å². The summed E-state index contributed by atoms with van der Waals surface area (Å²) in [6.45, 7) is 6.81. The van der Waals surface area contributed by atoms with Crippen LogP contribution in [0.25, 0.3) is 0 Å². The molecule has 2 aliphatic rings. The molecule has 1 amide bonds. The van der Waals surface area contributed by atoms with Gasteiger partial charge in [0.15, 0.2) is 11.6 Å². The fraction of sp³-hybridized carbons (Fsp3) is 0.588. The first-order chi connectivity index (χ1) is 10.7. The monoisotopic (exact) mass is 325 g/mol. The first kappa shape index (κ1) is 16.0. The lowest BCUT2D eigenvalue weighted by atomic mass is 9.62. The number of likely N-dealkylation sites (tertiary alicyclic amines) is 1. The van der Waals surface area contributed by atoms with E-state index in [2.05, 4.69) is 0 Å². The third-order valence-electron chi connectivity index (χ3n) is 4.21. The summed E-state index contributed by atoms with van der Waals surface area (Å²) in [5, 5.41) is 0. The van der Waals surface area contributed by atoms with Gasteiger partial charge in [0, 0.05) is 24.6 Å². The predicted molar refractivity (Wildman–Crippen MR) is 80.2 cm³/mol. The first-order valence-electron chi connectivity index (χ1n) is 7.75. The van der Waals surface area contributed by atoms with Crippen molar-refractivity contribution in [3.8, 4) is 5.75 Å². The number of carbonyl (C=O) groups excluding carboxylic acids is 1. The normalized spacial score (nSPS) is 20.0. The van der Waals surface area contributed by atoms with Crippen LogP contribution >= 0.6 is 0 Å². The molecule has 23 heavy (non-hydrogen) atoms. The van der Waals surface area contributed by atoms with Crippen molar-refractivity contribution >= 4 is 6.09 Å². The second kappa shape index (κ2) is 5.35. The highest BCUT2D eigenvalue weighted by atomic mass is 19.1. The highest BCUT2D eigenvalue weighted by molar-refractivity contribution is 5.69. The van der Waals surface area contributed by atoms with Crippen LogP contribution in [-0.2, 0) is 4.74 Å². The van der Waals surface area contributed by atoms with Gasteiger partial charge in [-0.25, -0.2) is 13.6 Å². The van der Waals surface area contributed by atoms with Gasteiger partial charge in [0.25, 0.3) is 0 Å². The lowest BCUT2D eigenvalue weighted by Gasteiger charge is -2.58. The summed E-state index contributed by atoms with van der Waals surface area (Å²) in [5.41, 5.74) is -0.427. The van der Waals surface area contributed by atoms with Crippen LogP contribution in [0.3, 0.4) is 0 Å². The summed E-state index contributed by atoms with van der Waals surface area (Å²) in [6.07, 6.45) is 1.15. The molecule has 0 aromatic heterocycles. The fourth-order valence-electron chi connectivity index (χ4n) is 3.22. The molecule has 0 bridgehead atoms. The third kappa shape index (κ3) is 3.41. The third-order valence-corrected chi connectivity index (χ3v) is 4.21. The maximum absolute atomic E-state index is 13.6. The molecule has 1 saturated carbocycles. The van der Waals surface area contributed by atoms with E-state index in [1.165, 1.54) is 12.1 Å². The summed E-state index contributed by atoms with van der Waals surface area (Å²) in [5.74, 6) is -1.23. The predicted octanol–water partition coefficient (Wildman–Crippen LogP) is 3.74. The van der Waals surface area contributed by atoms with Gasteiger partial charge in [0.05, 0.1) is 0 Å². The molecule has 0 atom stereocenters. The van der Waals surface area contributed by atoms with Crippen molar-refractivity contribution in [2.45, 2.75) is 45.3 Å². The van der Waals surface area contributed by atoms with E-state index in [0.717, 1.165) is 18.9 Å². The second-order valence-corrected chi connectivity index (χ2v) is 7.56. The minimum absolute atomic E-state index is 0.0675. The summed E-state index contributed by atoms with van der Waals surface area (Å²) < 4.78 is 37.3. The lowest BCUT2D eigenvalue weighted by Crippen LogP contribution is -2.66. The SMILES string of the molecule is CC(C)(C)OC(=O)N1CC2(CC(Oc3ccc(F)cc3F)C2)C1. The van der Waals surface area contributed by atoms with Crippen molar-refractivity contribution in [2.75, 3.05) is 13.1 Å². The standard InChI is InChI=1S/C17H21F2NO3/c1-16(2,3)23-15(21)20-9-17(10-20)7-12(8-17)22-14-5-4-11(18)6-13(14)19/h4-6,12H,7-10H2,1-3H3. The van der Waals surface area contributed by atoms with Crippen molar-refractivity contribution in [1.82, 2.24) is 4.90 Å². The van der Waals surface area contributed by atoms with E-state index in [0.29, 0.717) is 13.1 Å². The van der Waals surface area contributed by atoms with Gasteiger partial charge in [-0.2, -0.15) is 0 Å². The minimum atomic E-state index is -0.685. The van der Waals surface area contributed by atoms with Crippen molar-refractivity contribution < 1.29 is 23.0 Å². The molecule has 3 rings (SSSR count). The van der Waals surface area contributed by atoms with Gasteiger partial charge in [0.2, 0.25) is 0 Å². The summed E-state index contributed by atoms with van der Waals surface area (Å²) in [4.78, 5) is 13.6. The number of rotatable bonds is 2. The van der Waals surface area contributed by atoms with Crippen LogP contribution in [-0.4, -0.2) is 35.8 Å². The molecule has 1 aromatic carbocycles. The average Bonchev–Trinajstić information content (AvgIpc) is 2.30. The number of ether oxygens (including phenoxy) is 2. The van der Waals surface area contributed by atoms with E-state index in [1.54, 1.807) is 4.90 Å². The van der Waals surface area contributed by atoms with Crippen LogP contribution in [0.15, 0.2) is 18.2 Å². The largest absolute Gasteiger partial charge is 0.487 e. The maximum atomic E-state index is 13.6. The Morgan fingerprint density at radius 2 is 1.91 bits per heavy atom. The van der Waals surface area contributed by atoms with Gasteiger partial charge in [-0.05, 0) is 45.7 Å². The van der Waals surface area contributed by atoms with E-state index >= 15 is 0 Å². The zero-order chi connectivity index (χ0) is 16.8.